The average Bonchev–Trinajstić information content (AvgIpc) is 2.14. The van der Waals surface area contributed by atoms with Crippen molar-refractivity contribution in [3.63, 3.8) is 0 Å². The molecule has 1 unspecified atom stereocenters. The first-order valence-electron chi connectivity index (χ1n) is 4.98. The second kappa shape index (κ2) is 4.76. The minimum atomic E-state index is -3.07. The standard InChI is InChI=1S/C9H16N2O2S/c1-2-9(5-6-10)11-7-3-4-8-14(11,12)13/h9H,2-5,7-8H2,1H3. The van der Waals surface area contributed by atoms with Gasteiger partial charge >= 0.3 is 0 Å². The van der Waals surface area contributed by atoms with Gasteiger partial charge in [-0.25, -0.2) is 8.42 Å². The molecular weight excluding hydrogens is 200 g/mol. The first-order valence-corrected chi connectivity index (χ1v) is 6.59. The maximum absolute atomic E-state index is 11.7. The van der Waals surface area contributed by atoms with Gasteiger partial charge in [-0.2, -0.15) is 9.57 Å². The molecular formula is C9H16N2O2S. The summed E-state index contributed by atoms with van der Waals surface area (Å²) in [5.41, 5.74) is 0. The fourth-order valence-electron chi connectivity index (χ4n) is 1.77. The van der Waals surface area contributed by atoms with E-state index in [1.54, 1.807) is 0 Å². The lowest BCUT2D eigenvalue weighted by molar-refractivity contribution is 0.297. The Balaban J connectivity index is 2.78. The highest BCUT2D eigenvalue weighted by Crippen LogP contribution is 2.20. The lowest BCUT2D eigenvalue weighted by Crippen LogP contribution is -2.44. The number of hydrogen-bond acceptors (Lipinski definition) is 3. The highest BCUT2D eigenvalue weighted by atomic mass is 32.2. The van der Waals surface area contributed by atoms with Crippen LogP contribution in [0.25, 0.3) is 0 Å². The summed E-state index contributed by atoms with van der Waals surface area (Å²) in [4.78, 5) is 0. The SMILES string of the molecule is CCC(CC#N)N1CCCCS1(=O)=O. The van der Waals surface area contributed by atoms with Crippen LogP contribution in [-0.2, 0) is 10.0 Å². The van der Waals surface area contributed by atoms with E-state index in [1.165, 1.54) is 4.31 Å². The molecule has 1 aliphatic heterocycles. The van der Waals surface area contributed by atoms with E-state index in [2.05, 4.69) is 0 Å². The second-order valence-electron chi connectivity index (χ2n) is 3.56. The van der Waals surface area contributed by atoms with Gasteiger partial charge in [-0.1, -0.05) is 6.92 Å². The van der Waals surface area contributed by atoms with E-state index in [-0.39, 0.29) is 11.8 Å². The summed E-state index contributed by atoms with van der Waals surface area (Å²) >= 11 is 0. The van der Waals surface area contributed by atoms with Gasteiger partial charge in [0.25, 0.3) is 0 Å². The molecule has 1 atom stereocenters. The third kappa shape index (κ3) is 2.46. The van der Waals surface area contributed by atoms with Crippen molar-refractivity contribution in [1.82, 2.24) is 4.31 Å². The van der Waals surface area contributed by atoms with Gasteiger partial charge < -0.3 is 0 Å². The van der Waals surface area contributed by atoms with Gasteiger partial charge in [-0.05, 0) is 19.3 Å². The Hall–Kier alpha value is -0.600. The second-order valence-corrected chi connectivity index (χ2v) is 5.60. The van der Waals surface area contributed by atoms with Crippen molar-refractivity contribution in [2.45, 2.75) is 38.6 Å². The van der Waals surface area contributed by atoms with E-state index in [0.717, 1.165) is 12.8 Å². The fourth-order valence-corrected chi connectivity index (χ4v) is 3.66. The molecule has 0 saturated carbocycles. The van der Waals surface area contributed by atoms with Crippen LogP contribution in [-0.4, -0.2) is 31.1 Å². The highest BCUT2D eigenvalue weighted by molar-refractivity contribution is 7.89. The molecule has 0 bridgehead atoms. The van der Waals surface area contributed by atoms with Crippen LogP contribution in [0.4, 0.5) is 0 Å². The van der Waals surface area contributed by atoms with Crippen LogP contribution in [0.15, 0.2) is 0 Å². The molecule has 5 heteroatoms. The first kappa shape index (κ1) is 11.5. The monoisotopic (exact) mass is 216 g/mol. The third-order valence-electron chi connectivity index (χ3n) is 2.59. The number of nitrogens with zero attached hydrogens (tertiary/aromatic N) is 2. The van der Waals surface area contributed by atoms with E-state index >= 15 is 0 Å². The Labute approximate surface area is 85.6 Å². The Morgan fingerprint density at radius 2 is 2.21 bits per heavy atom. The molecule has 1 heterocycles. The first-order chi connectivity index (χ1) is 6.61. The van der Waals surface area contributed by atoms with E-state index in [1.807, 2.05) is 13.0 Å². The zero-order chi connectivity index (χ0) is 10.6. The molecule has 0 aliphatic carbocycles. The lowest BCUT2D eigenvalue weighted by Gasteiger charge is -2.31. The molecule has 0 N–H and O–H groups in total. The van der Waals surface area contributed by atoms with Crippen LogP contribution in [0.3, 0.4) is 0 Å². The molecule has 0 aromatic heterocycles. The van der Waals surface area contributed by atoms with Gasteiger partial charge in [0, 0.05) is 12.6 Å². The summed E-state index contributed by atoms with van der Waals surface area (Å²) < 4.78 is 24.9. The summed E-state index contributed by atoms with van der Waals surface area (Å²) in [5.74, 6) is 0.245. The van der Waals surface area contributed by atoms with Crippen molar-refractivity contribution in [3.8, 4) is 6.07 Å². The molecule has 0 amide bonds. The molecule has 1 rings (SSSR count). The van der Waals surface area contributed by atoms with Crippen molar-refractivity contribution in [2.24, 2.45) is 0 Å². The average molecular weight is 216 g/mol. The van der Waals surface area contributed by atoms with Gasteiger partial charge in [0.05, 0.1) is 18.2 Å². The minimum Gasteiger partial charge on any atom is -0.212 e. The van der Waals surface area contributed by atoms with Crippen LogP contribution in [0.2, 0.25) is 0 Å². The molecule has 1 saturated heterocycles. The summed E-state index contributed by atoms with van der Waals surface area (Å²) in [5, 5.41) is 8.60. The van der Waals surface area contributed by atoms with E-state index < -0.39 is 10.0 Å². The van der Waals surface area contributed by atoms with Gasteiger partial charge in [-0.3, -0.25) is 0 Å². The molecule has 1 aliphatic rings. The maximum atomic E-state index is 11.7. The number of rotatable bonds is 3. The topological polar surface area (TPSA) is 61.2 Å². The number of sulfonamides is 1. The van der Waals surface area contributed by atoms with Crippen LogP contribution < -0.4 is 0 Å². The zero-order valence-electron chi connectivity index (χ0n) is 8.44. The maximum Gasteiger partial charge on any atom is 0.214 e. The van der Waals surface area contributed by atoms with Gasteiger partial charge in [0.1, 0.15) is 0 Å². The van der Waals surface area contributed by atoms with Crippen molar-refractivity contribution in [2.75, 3.05) is 12.3 Å². The molecule has 14 heavy (non-hydrogen) atoms. The largest absolute Gasteiger partial charge is 0.214 e. The minimum absolute atomic E-state index is 0.120. The van der Waals surface area contributed by atoms with E-state index in [0.29, 0.717) is 19.4 Å². The third-order valence-corrected chi connectivity index (χ3v) is 4.59. The highest BCUT2D eigenvalue weighted by Gasteiger charge is 2.30. The van der Waals surface area contributed by atoms with Crippen molar-refractivity contribution in [3.05, 3.63) is 0 Å². The molecule has 0 aromatic carbocycles. The predicted molar refractivity (Wildman–Crippen MR) is 54.0 cm³/mol. The molecule has 1 fully saturated rings. The Kier molecular flexibility index (Phi) is 3.90. The van der Waals surface area contributed by atoms with E-state index in [9.17, 15) is 8.42 Å². The predicted octanol–water partition coefficient (Wildman–Crippen LogP) is 1.10. The van der Waals surface area contributed by atoms with Gasteiger partial charge in [0.2, 0.25) is 10.0 Å². The van der Waals surface area contributed by atoms with E-state index in [4.69, 9.17) is 5.26 Å². The van der Waals surface area contributed by atoms with Crippen LogP contribution in [0, 0.1) is 11.3 Å². The zero-order valence-corrected chi connectivity index (χ0v) is 9.26. The normalized spacial score (nSPS) is 24.0. The number of hydrogen-bond donors (Lipinski definition) is 0. The van der Waals surface area contributed by atoms with Crippen LogP contribution >= 0.6 is 0 Å². The van der Waals surface area contributed by atoms with Gasteiger partial charge in [0.15, 0.2) is 0 Å². The molecule has 0 aromatic rings. The molecule has 4 nitrogen and oxygen atoms in total. The Morgan fingerprint density at radius 1 is 1.50 bits per heavy atom. The summed E-state index contributed by atoms with van der Waals surface area (Å²) in [6.45, 7) is 2.51. The quantitative estimate of drug-likeness (QED) is 0.710. The lowest BCUT2D eigenvalue weighted by atomic mass is 10.1. The fraction of sp³-hybridized carbons (Fsp3) is 0.889. The molecule has 80 valence electrons. The Morgan fingerprint density at radius 3 is 2.71 bits per heavy atom. The summed E-state index contributed by atoms with van der Waals surface area (Å²) in [7, 11) is -3.07. The van der Waals surface area contributed by atoms with Crippen molar-refractivity contribution in [1.29, 1.82) is 5.26 Å². The molecule has 0 radical (unpaired) electrons. The van der Waals surface area contributed by atoms with Crippen LogP contribution in [0.5, 0.6) is 0 Å². The van der Waals surface area contributed by atoms with Gasteiger partial charge in [-0.15, -0.1) is 0 Å². The smallest absolute Gasteiger partial charge is 0.212 e. The summed E-state index contributed by atoms with van der Waals surface area (Å²) in [6.07, 6.45) is 2.69. The van der Waals surface area contributed by atoms with Crippen LogP contribution in [0.1, 0.15) is 32.6 Å². The number of nitriles is 1. The van der Waals surface area contributed by atoms with Crippen molar-refractivity contribution < 1.29 is 8.42 Å². The molecule has 0 spiro atoms. The Bertz CT molecular complexity index is 318. The van der Waals surface area contributed by atoms with Crippen molar-refractivity contribution >= 4 is 10.0 Å². The summed E-state index contributed by atoms with van der Waals surface area (Å²) in [6, 6.07) is 1.93.